The first-order chi connectivity index (χ1) is 10.1. The van der Waals surface area contributed by atoms with Crippen molar-refractivity contribution in [2.45, 2.75) is 6.54 Å². The first kappa shape index (κ1) is 13.1. The van der Waals surface area contributed by atoms with Crippen molar-refractivity contribution >= 4 is 23.3 Å². The van der Waals surface area contributed by atoms with E-state index in [1.165, 1.54) is 11.0 Å². The molecule has 0 saturated heterocycles. The summed E-state index contributed by atoms with van der Waals surface area (Å²) in [6, 6.07) is 10.1. The summed E-state index contributed by atoms with van der Waals surface area (Å²) in [4.78, 5) is 29.6. The van der Waals surface area contributed by atoms with Crippen molar-refractivity contribution in [3.63, 3.8) is 0 Å². The number of fused-ring (bicyclic) bond motifs is 1. The Morgan fingerprint density at radius 3 is 2.86 bits per heavy atom. The molecule has 0 saturated carbocycles. The quantitative estimate of drug-likeness (QED) is 0.320. The van der Waals surface area contributed by atoms with E-state index in [-0.39, 0.29) is 11.6 Å². The number of benzene rings is 1. The molecule has 106 valence electrons. The van der Waals surface area contributed by atoms with Crippen LogP contribution in [0.4, 0.5) is 11.5 Å². The average Bonchev–Trinajstić information content (AvgIpc) is 2.83. The van der Waals surface area contributed by atoms with Crippen molar-refractivity contribution in [3.8, 4) is 0 Å². The predicted octanol–water partition coefficient (Wildman–Crippen LogP) is 0.428. The molecule has 2 aromatic rings. The number of hydrogen-bond acceptors (Lipinski definition) is 5. The molecule has 0 spiro atoms. The molecule has 0 aliphatic carbocycles. The van der Waals surface area contributed by atoms with Gasteiger partial charge in [-0.3, -0.25) is 19.9 Å². The van der Waals surface area contributed by atoms with Crippen LogP contribution in [0.3, 0.4) is 0 Å². The predicted molar refractivity (Wildman–Crippen MR) is 77.3 cm³/mol. The van der Waals surface area contributed by atoms with E-state index in [0.717, 1.165) is 5.56 Å². The van der Waals surface area contributed by atoms with E-state index < -0.39 is 5.91 Å². The highest BCUT2D eigenvalue weighted by atomic mass is 16.2. The Hall–Kier alpha value is -2.93. The van der Waals surface area contributed by atoms with Gasteiger partial charge in [0, 0.05) is 11.3 Å². The zero-order valence-corrected chi connectivity index (χ0v) is 11.0. The average molecular weight is 283 g/mol. The maximum atomic E-state index is 12.4. The van der Waals surface area contributed by atoms with Gasteiger partial charge in [-0.1, -0.05) is 12.1 Å². The zero-order chi connectivity index (χ0) is 15.0. The van der Waals surface area contributed by atoms with Gasteiger partial charge in [-0.15, -0.1) is 0 Å². The number of aromatic nitrogens is 1. The lowest BCUT2D eigenvalue weighted by molar-refractivity contribution is 0.0945. The van der Waals surface area contributed by atoms with Crippen LogP contribution in [0.15, 0.2) is 36.4 Å². The lowest BCUT2D eigenvalue weighted by Gasteiger charge is -2.15. The monoisotopic (exact) mass is 283 g/mol. The van der Waals surface area contributed by atoms with Crippen molar-refractivity contribution in [2.75, 3.05) is 10.6 Å². The van der Waals surface area contributed by atoms with Crippen LogP contribution < -0.4 is 21.9 Å². The molecule has 2 amide bonds. The number of hydrazine groups is 1. The normalized spacial score (nSPS) is 13.2. The van der Waals surface area contributed by atoms with Crippen molar-refractivity contribution in [1.82, 2.24) is 10.4 Å². The Kier molecular flexibility index (Phi) is 3.03. The number of rotatable bonds is 2. The Morgan fingerprint density at radius 2 is 2.10 bits per heavy atom. The molecule has 0 bridgehead atoms. The van der Waals surface area contributed by atoms with Gasteiger partial charge in [-0.2, -0.15) is 0 Å². The number of nitrogens with two attached hydrogens (primary N) is 2. The highest BCUT2D eigenvalue weighted by Crippen LogP contribution is 2.28. The van der Waals surface area contributed by atoms with Crippen LogP contribution in [0.2, 0.25) is 0 Å². The van der Waals surface area contributed by atoms with Gasteiger partial charge in [0.05, 0.1) is 6.54 Å². The number of hydrogen-bond donors (Lipinski definition) is 3. The van der Waals surface area contributed by atoms with Crippen LogP contribution in [0.5, 0.6) is 0 Å². The molecule has 0 radical (unpaired) electrons. The summed E-state index contributed by atoms with van der Waals surface area (Å²) in [5, 5.41) is 0. The van der Waals surface area contributed by atoms with Gasteiger partial charge in [0.25, 0.3) is 11.8 Å². The maximum Gasteiger partial charge on any atom is 0.283 e. The van der Waals surface area contributed by atoms with E-state index in [4.69, 9.17) is 11.6 Å². The number of nitrogens with one attached hydrogen (secondary N) is 1. The Morgan fingerprint density at radius 1 is 1.29 bits per heavy atom. The van der Waals surface area contributed by atoms with E-state index in [1.54, 1.807) is 24.3 Å². The molecular weight excluding hydrogens is 270 g/mol. The second-order valence-electron chi connectivity index (χ2n) is 4.66. The van der Waals surface area contributed by atoms with Gasteiger partial charge in [0.15, 0.2) is 0 Å². The molecule has 1 aromatic heterocycles. The summed E-state index contributed by atoms with van der Waals surface area (Å²) in [6.45, 7) is 0.398. The fraction of sp³-hybridized carbons (Fsp3) is 0.0714. The highest BCUT2D eigenvalue weighted by Gasteiger charge is 2.29. The van der Waals surface area contributed by atoms with E-state index in [9.17, 15) is 9.59 Å². The number of nitrogens with zero attached hydrogens (tertiary/aromatic N) is 2. The van der Waals surface area contributed by atoms with Crippen LogP contribution in [0.1, 0.15) is 26.4 Å². The SMILES string of the molecule is NNC(=O)c1cccc(N2Cc3ccc(N)cc3C2=O)n1. The van der Waals surface area contributed by atoms with Crippen molar-refractivity contribution in [1.29, 1.82) is 0 Å². The van der Waals surface area contributed by atoms with Crippen molar-refractivity contribution in [2.24, 2.45) is 5.84 Å². The molecule has 2 heterocycles. The van der Waals surface area contributed by atoms with E-state index in [1.807, 2.05) is 11.5 Å². The minimum Gasteiger partial charge on any atom is -0.399 e. The number of pyridine rings is 1. The lowest BCUT2D eigenvalue weighted by Crippen LogP contribution is -2.31. The Labute approximate surface area is 120 Å². The summed E-state index contributed by atoms with van der Waals surface area (Å²) >= 11 is 0. The van der Waals surface area contributed by atoms with Crippen LogP contribution in [0.25, 0.3) is 0 Å². The van der Waals surface area contributed by atoms with Gasteiger partial charge in [-0.25, -0.2) is 10.8 Å². The molecule has 3 rings (SSSR count). The number of carbonyl (C=O) groups excluding carboxylic acids is 2. The van der Waals surface area contributed by atoms with Crippen LogP contribution in [-0.4, -0.2) is 16.8 Å². The Bertz CT molecular complexity index is 744. The van der Waals surface area contributed by atoms with Gasteiger partial charge in [0.1, 0.15) is 11.5 Å². The summed E-state index contributed by atoms with van der Waals surface area (Å²) in [7, 11) is 0. The fourth-order valence-corrected chi connectivity index (χ4v) is 2.28. The van der Waals surface area contributed by atoms with E-state index >= 15 is 0 Å². The van der Waals surface area contributed by atoms with Gasteiger partial charge < -0.3 is 5.73 Å². The lowest BCUT2D eigenvalue weighted by atomic mass is 10.1. The number of anilines is 2. The molecule has 1 aromatic carbocycles. The Balaban J connectivity index is 1.97. The number of amides is 2. The molecule has 0 atom stereocenters. The molecule has 7 heteroatoms. The molecule has 1 aliphatic heterocycles. The van der Waals surface area contributed by atoms with Crippen molar-refractivity contribution < 1.29 is 9.59 Å². The molecule has 5 N–H and O–H groups in total. The third-order valence-electron chi connectivity index (χ3n) is 3.31. The molecule has 7 nitrogen and oxygen atoms in total. The van der Waals surface area contributed by atoms with Crippen LogP contribution >= 0.6 is 0 Å². The molecule has 0 fully saturated rings. The fourth-order valence-electron chi connectivity index (χ4n) is 2.28. The zero-order valence-electron chi connectivity index (χ0n) is 11.0. The summed E-state index contributed by atoms with van der Waals surface area (Å²) in [5.41, 5.74) is 9.85. The van der Waals surface area contributed by atoms with Crippen LogP contribution in [0, 0.1) is 0 Å². The number of carbonyl (C=O) groups is 2. The molecule has 0 unspecified atom stereocenters. The maximum absolute atomic E-state index is 12.4. The van der Waals surface area contributed by atoms with E-state index in [2.05, 4.69) is 4.98 Å². The minimum absolute atomic E-state index is 0.151. The van der Waals surface area contributed by atoms with Crippen LogP contribution in [-0.2, 0) is 6.54 Å². The molecule has 21 heavy (non-hydrogen) atoms. The molecular formula is C14H13N5O2. The largest absolute Gasteiger partial charge is 0.399 e. The topological polar surface area (TPSA) is 114 Å². The number of nitrogen functional groups attached to an aromatic ring is 2. The van der Waals surface area contributed by atoms with Gasteiger partial charge in [-0.05, 0) is 29.8 Å². The third-order valence-corrected chi connectivity index (χ3v) is 3.31. The van der Waals surface area contributed by atoms with Gasteiger partial charge in [0.2, 0.25) is 0 Å². The summed E-state index contributed by atoms with van der Waals surface area (Å²) in [6.07, 6.45) is 0. The second kappa shape index (κ2) is 4.88. The minimum atomic E-state index is -0.509. The van der Waals surface area contributed by atoms with E-state index in [0.29, 0.717) is 23.6 Å². The van der Waals surface area contributed by atoms with Crippen molar-refractivity contribution in [3.05, 3.63) is 53.2 Å². The second-order valence-corrected chi connectivity index (χ2v) is 4.66. The highest BCUT2D eigenvalue weighted by molar-refractivity contribution is 6.10. The smallest absolute Gasteiger partial charge is 0.283 e. The first-order valence-corrected chi connectivity index (χ1v) is 6.28. The summed E-state index contributed by atoms with van der Waals surface area (Å²) in [5.74, 6) is 4.79. The van der Waals surface area contributed by atoms with Gasteiger partial charge >= 0.3 is 0 Å². The third kappa shape index (κ3) is 2.19. The summed E-state index contributed by atoms with van der Waals surface area (Å²) < 4.78 is 0. The standard InChI is InChI=1S/C14H13N5O2/c15-9-5-4-8-7-19(14(21)10(8)6-9)12-3-1-2-11(17-12)13(20)18-16/h1-6H,7,15-16H2,(H,18,20). The molecule has 1 aliphatic rings. The first-order valence-electron chi connectivity index (χ1n) is 6.28.